The highest BCUT2D eigenvalue weighted by molar-refractivity contribution is 7.11. The van der Waals surface area contributed by atoms with Gasteiger partial charge in [0, 0.05) is 23.9 Å². The van der Waals surface area contributed by atoms with E-state index < -0.39 is 0 Å². The molecule has 1 saturated heterocycles. The zero-order chi connectivity index (χ0) is 11.4. The molecule has 0 aromatic carbocycles. The van der Waals surface area contributed by atoms with Crippen molar-refractivity contribution in [3.8, 4) is 0 Å². The van der Waals surface area contributed by atoms with Gasteiger partial charge in [-0.05, 0) is 26.3 Å². The van der Waals surface area contributed by atoms with E-state index in [9.17, 15) is 0 Å². The zero-order valence-corrected chi connectivity index (χ0v) is 10.9. The van der Waals surface area contributed by atoms with Crippen LogP contribution in [-0.2, 0) is 11.3 Å². The van der Waals surface area contributed by atoms with Crippen molar-refractivity contribution >= 4 is 11.3 Å². The van der Waals surface area contributed by atoms with Gasteiger partial charge in [-0.3, -0.25) is 0 Å². The van der Waals surface area contributed by atoms with Crippen LogP contribution in [0.1, 0.15) is 41.3 Å². The van der Waals surface area contributed by atoms with Crippen molar-refractivity contribution in [3.63, 3.8) is 0 Å². The van der Waals surface area contributed by atoms with Gasteiger partial charge in [-0.25, -0.2) is 4.98 Å². The van der Waals surface area contributed by atoms with Gasteiger partial charge < -0.3 is 10.1 Å². The highest BCUT2D eigenvalue weighted by Crippen LogP contribution is 2.30. The molecule has 1 aromatic heterocycles. The molecule has 1 N–H and O–H groups in total. The molecule has 0 spiro atoms. The Morgan fingerprint density at radius 1 is 1.56 bits per heavy atom. The average molecular weight is 240 g/mol. The van der Waals surface area contributed by atoms with Crippen molar-refractivity contribution in [1.29, 1.82) is 0 Å². The molecule has 0 amide bonds. The summed E-state index contributed by atoms with van der Waals surface area (Å²) in [4.78, 5) is 6.06. The molecule has 1 atom stereocenters. The van der Waals surface area contributed by atoms with E-state index in [2.05, 4.69) is 24.1 Å². The number of hydrogen-bond donors (Lipinski definition) is 1. The monoisotopic (exact) mass is 240 g/mol. The van der Waals surface area contributed by atoms with Gasteiger partial charge in [0.25, 0.3) is 0 Å². The fraction of sp³-hybridized carbons (Fsp3) is 0.750. The minimum Gasteiger partial charge on any atom is -0.381 e. The van der Waals surface area contributed by atoms with Crippen LogP contribution in [0.3, 0.4) is 0 Å². The van der Waals surface area contributed by atoms with Crippen molar-refractivity contribution in [3.05, 3.63) is 15.6 Å². The molecular formula is C12H20N2OS. The predicted octanol–water partition coefficient (Wildman–Crippen LogP) is 2.46. The lowest BCUT2D eigenvalue weighted by atomic mass is 10.0. The minimum absolute atomic E-state index is 0.535. The zero-order valence-electron chi connectivity index (χ0n) is 10.1. The summed E-state index contributed by atoms with van der Waals surface area (Å²) in [6.45, 7) is 7.98. The predicted molar refractivity (Wildman–Crippen MR) is 67.0 cm³/mol. The van der Waals surface area contributed by atoms with Gasteiger partial charge in [0.2, 0.25) is 0 Å². The van der Waals surface area contributed by atoms with Crippen molar-refractivity contribution in [1.82, 2.24) is 10.3 Å². The molecular weight excluding hydrogens is 220 g/mol. The Kier molecular flexibility index (Phi) is 4.32. The second-order valence-corrected chi connectivity index (χ2v) is 5.37. The maximum Gasteiger partial charge on any atom is 0.0985 e. The molecule has 2 heterocycles. The number of thiazole rings is 1. The van der Waals surface area contributed by atoms with Crippen LogP contribution in [0, 0.1) is 6.92 Å². The lowest BCUT2D eigenvalue weighted by molar-refractivity contribution is 0.0803. The molecule has 16 heavy (non-hydrogen) atoms. The first-order chi connectivity index (χ1) is 7.81. The number of nitrogens with zero attached hydrogens (tertiary/aromatic N) is 1. The fourth-order valence-corrected chi connectivity index (χ4v) is 3.12. The third-order valence-electron chi connectivity index (χ3n) is 2.95. The number of ether oxygens (including phenoxy) is 1. The second-order valence-electron chi connectivity index (χ2n) is 4.26. The quantitative estimate of drug-likeness (QED) is 0.878. The van der Waals surface area contributed by atoms with Gasteiger partial charge in [0.05, 0.1) is 17.3 Å². The summed E-state index contributed by atoms with van der Waals surface area (Å²) in [7, 11) is 0. The Morgan fingerprint density at radius 3 is 3.12 bits per heavy atom. The van der Waals surface area contributed by atoms with Crippen molar-refractivity contribution in [2.75, 3.05) is 19.8 Å². The van der Waals surface area contributed by atoms with Crippen molar-refractivity contribution in [2.24, 2.45) is 0 Å². The topological polar surface area (TPSA) is 34.1 Å². The maximum absolute atomic E-state index is 5.52. The van der Waals surface area contributed by atoms with E-state index in [0.29, 0.717) is 5.92 Å². The molecule has 3 nitrogen and oxygen atoms in total. The summed E-state index contributed by atoms with van der Waals surface area (Å²) >= 11 is 1.85. The van der Waals surface area contributed by atoms with Crippen LogP contribution in [0.4, 0.5) is 0 Å². The molecule has 0 radical (unpaired) electrons. The summed E-state index contributed by atoms with van der Waals surface area (Å²) in [5, 5.41) is 4.63. The Morgan fingerprint density at radius 2 is 2.44 bits per heavy atom. The Bertz CT molecular complexity index is 332. The highest BCUT2D eigenvalue weighted by atomic mass is 32.1. The molecule has 1 fully saturated rings. The van der Waals surface area contributed by atoms with Gasteiger partial charge in [0.15, 0.2) is 0 Å². The molecule has 0 aliphatic carbocycles. The molecule has 90 valence electrons. The molecule has 4 heteroatoms. The molecule has 0 saturated carbocycles. The summed E-state index contributed by atoms with van der Waals surface area (Å²) in [5.74, 6) is 0.535. The largest absolute Gasteiger partial charge is 0.381 e. The van der Waals surface area contributed by atoms with E-state index in [0.717, 1.165) is 26.3 Å². The maximum atomic E-state index is 5.52. The molecule has 0 bridgehead atoms. The van der Waals surface area contributed by atoms with Crippen LogP contribution in [0.5, 0.6) is 0 Å². The standard InChI is InChI=1S/C12H20N2OS/c1-3-13-7-11-9(2)14-12(16-11)10-5-4-6-15-8-10/h10,13H,3-8H2,1-2H3. The smallest absolute Gasteiger partial charge is 0.0985 e. The van der Waals surface area contributed by atoms with Crippen LogP contribution in [0.2, 0.25) is 0 Å². The molecule has 1 aliphatic heterocycles. The summed E-state index contributed by atoms with van der Waals surface area (Å²) in [5.41, 5.74) is 1.19. The van der Waals surface area contributed by atoms with Gasteiger partial charge >= 0.3 is 0 Å². The van der Waals surface area contributed by atoms with E-state index >= 15 is 0 Å². The lowest BCUT2D eigenvalue weighted by Crippen LogP contribution is -2.15. The van der Waals surface area contributed by atoms with Crippen LogP contribution in [0.15, 0.2) is 0 Å². The van der Waals surface area contributed by atoms with Crippen LogP contribution in [0.25, 0.3) is 0 Å². The van der Waals surface area contributed by atoms with E-state index in [4.69, 9.17) is 4.74 Å². The van der Waals surface area contributed by atoms with Gasteiger partial charge in [-0.2, -0.15) is 0 Å². The van der Waals surface area contributed by atoms with E-state index in [-0.39, 0.29) is 0 Å². The van der Waals surface area contributed by atoms with Crippen LogP contribution >= 0.6 is 11.3 Å². The first-order valence-corrected chi connectivity index (χ1v) is 6.87. The SMILES string of the molecule is CCNCc1sc(C2CCCOC2)nc1C. The van der Waals surface area contributed by atoms with Crippen LogP contribution < -0.4 is 5.32 Å². The summed E-state index contributed by atoms with van der Waals surface area (Å²) in [6.07, 6.45) is 2.40. The molecule has 2 rings (SSSR count). The first kappa shape index (κ1) is 12.0. The third-order valence-corrected chi connectivity index (χ3v) is 4.27. The summed E-state index contributed by atoms with van der Waals surface area (Å²) < 4.78 is 5.52. The molecule has 1 aromatic rings. The van der Waals surface area contributed by atoms with E-state index in [1.54, 1.807) is 0 Å². The molecule has 1 unspecified atom stereocenters. The highest BCUT2D eigenvalue weighted by Gasteiger charge is 2.20. The van der Waals surface area contributed by atoms with Crippen molar-refractivity contribution in [2.45, 2.75) is 39.2 Å². The van der Waals surface area contributed by atoms with Gasteiger partial charge in [0.1, 0.15) is 0 Å². The van der Waals surface area contributed by atoms with E-state index in [1.165, 1.54) is 28.4 Å². The van der Waals surface area contributed by atoms with Crippen molar-refractivity contribution < 1.29 is 4.74 Å². The lowest BCUT2D eigenvalue weighted by Gasteiger charge is -2.19. The Labute approximate surface area is 101 Å². The van der Waals surface area contributed by atoms with Gasteiger partial charge in [-0.15, -0.1) is 11.3 Å². The second kappa shape index (κ2) is 5.75. The van der Waals surface area contributed by atoms with E-state index in [1.807, 2.05) is 11.3 Å². The average Bonchev–Trinajstić information content (AvgIpc) is 2.69. The number of aryl methyl sites for hydroxylation is 1. The number of hydrogen-bond acceptors (Lipinski definition) is 4. The first-order valence-electron chi connectivity index (χ1n) is 6.06. The molecule has 1 aliphatic rings. The minimum atomic E-state index is 0.535. The summed E-state index contributed by atoms with van der Waals surface area (Å²) in [6, 6.07) is 0. The number of rotatable bonds is 4. The van der Waals surface area contributed by atoms with Crippen LogP contribution in [-0.4, -0.2) is 24.7 Å². The fourth-order valence-electron chi connectivity index (χ4n) is 1.96. The number of aromatic nitrogens is 1. The Balaban J connectivity index is 2.03. The Hall–Kier alpha value is -0.450. The number of nitrogens with one attached hydrogen (secondary N) is 1. The third kappa shape index (κ3) is 2.81. The normalized spacial score (nSPS) is 21.2. The van der Waals surface area contributed by atoms with Gasteiger partial charge in [-0.1, -0.05) is 6.92 Å².